The van der Waals surface area contributed by atoms with Gasteiger partial charge >= 0.3 is 0 Å². The average molecular weight is 601 g/mol. The highest BCUT2D eigenvalue weighted by molar-refractivity contribution is 6.04. The van der Waals surface area contributed by atoms with Crippen molar-refractivity contribution in [2.45, 2.75) is 0 Å². The first-order valence-corrected chi connectivity index (χ1v) is 15.8. The van der Waals surface area contributed by atoms with Crippen molar-refractivity contribution in [3.63, 3.8) is 0 Å². The van der Waals surface area contributed by atoms with Crippen LogP contribution in [0.15, 0.2) is 170 Å². The number of hydrogen-bond donors (Lipinski definition) is 0. The highest BCUT2D eigenvalue weighted by atomic mass is 16.5. The van der Waals surface area contributed by atoms with Crippen LogP contribution in [-0.2, 0) is 0 Å². The van der Waals surface area contributed by atoms with E-state index in [0.29, 0.717) is 5.82 Å². The molecule has 2 heterocycles. The summed E-state index contributed by atoms with van der Waals surface area (Å²) < 4.78 is 6.34. The molecule has 0 bridgehead atoms. The zero-order valence-electron chi connectivity index (χ0n) is 25.5. The zero-order valence-corrected chi connectivity index (χ0v) is 25.5. The topological polar surface area (TPSA) is 35.0 Å². The van der Waals surface area contributed by atoms with Gasteiger partial charge in [-0.05, 0) is 63.5 Å². The Labute approximate surface area is 273 Å². The molecule has 8 aromatic rings. The van der Waals surface area contributed by atoms with Crippen LogP contribution in [0.5, 0.6) is 11.5 Å². The summed E-state index contributed by atoms with van der Waals surface area (Å²) in [5.41, 5.74) is 11.9. The van der Waals surface area contributed by atoms with E-state index in [9.17, 15) is 0 Å². The molecule has 3 heteroatoms. The third-order valence-electron chi connectivity index (χ3n) is 8.89. The van der Waals surface area contributed by atoms with Gasteiger partial charge in [0.2, 0.25) is 0 Å². The maximum absolute atomic E-state index is 6.34. The summed E-state index contributed by atoms with van der Waals surface area (Å²) in [5, 5.41) is 2.36. The number of aromatic nitrogens is 2. The van der Waals surface area contributed by atoms with E-state index in [2.05, 4.69) is 127 Å². The minimum atomic E-state index is 0.717. The summed E-state index contributed by atoms with van der Waals surface area (Å²) in [5.74, 6) is 2.52. The Balaban J connectivity index is 1.06. The van der Waals surface area contributed by atoms with Crippen molar-refractivity contribution in [1.82, 2.24) is 9.97 Å². The van der Waals surface area contributed by atoms with Gasteiger partial charge in [-0.1, -0.05) is 140 Å². The monoisotopic (exact) mass is 600 g/mol. The number of rotatable bonds is 5. The highest BCUT2D eigenvalue weighted by Gasteiger charge is 2.20. The fourth-order valence-corrected chi connectivity index (χ4v) is 6.52. The van der Waals surface area contributed by atoms with Crippen LogP contribution in [0.1, 0.15) is 0 Å². The van der Waals surface area contributed by atoms with E-state index in [0.717, 1.165) is 67.4 Å². The lowest BCUT2D eigenvalue weighted by atomic mass is 9.91. The molecule has 220 valence electrons. The van der Waals surface area contributed by atoms with Crippen LogP contribution in [0.25, 0.3) is 78.1 Å². The van der Waals surface area contributed by atoms with Gasteiger partial charge in [0.25, 0.3) is 0 Å². The Kier molecular flexibility index (Phi) is 6.46. The number of hydrogen-bond acceptors (Lipinski definition) is 3. The molecule has 3 nitrogen and oxygen atoms in total. The van der Waals surface area contributed by atoms with Crippen LogP contribution < -0.4 is 4.74 Å². The third kappa shape index (κ3) is 4.95. The molecule has 0 amide bonds. The first-order chi connectivity index (χ1) is 23.3. The standard InChI is InChI=1S/C44H28N2O/c1-3-10-30(11-4-1)39-28-40(46-44(45-39)33-12-5-2-6-13-33)31-22-20-29(21-23-31)34-16-7-17-35(26-34)36-24-25-41-38(27-36)37-18-8-14-32-15-9-19-42(47-41)43(32)37/h1-28H. The minimum absolute atomic E-state index is 0.717. The molecule has 0 aliphatic carbocycles. The fourth-order valence-electron chi connectivity index (χ4n) is 6.52. The molecular formula is C44H28N2O. The summed E-state index contributed by atoms with van der Waals surface area (Å²) in [6.45, 7) is 0. The van der Waals surface area contributed by atoms with Crippen LogP contribution in [-0.4, -0.2) is 9.97 Å². The summed E-state index contributed by atoms with van der Waals surface area (Å²) in [6, 6.07) is 59.1. The van der Waals surface area contributed by atoms with Gasteiger partial charge in [-0.15, -0.1) is 0 Å². The molecule has 7 aromatic carbocycles. The molecule has 0 radical (unpaired) electrons. The highest BCUT2D eigenvalue weighted by Crippen LogP contribution is 2.47. The van der Waals surface area contributed by atoms with Crippen molar-refractivity contribution < 1.29 is 4.74 Å². The van der Waals surface area contributed by atoms with E-state index in [1.54, 1.807) is 0 Å². The van der Waals surface area contributed by atoms with Gasteiger partial charge in [0, 0.05) is 27.6 Å². The molecule has 0 atom stereocenters. The lowest BCUT2D eigenvalue weighted by molar-refractivity contribution is 0.487. The molecule has 0 saturated heterocycles. The second-order valence-corrected chi connectivity index (χ2v) is 11.8. The number of fused-ring (bicyclic) bond motifs is 2. The van der Waals surface area contributed by atoms with Gasteiger partial charge in [-0.2, -0.15) is 0 Å². The molecule has 1 aromatic heterocycles. The van der Waals surface area contributed by atoms with Crippen LogP contribution in [0, 0.1) is 0 Å². The van der Waals surface area contributed by atoms with E-state index >= 15 is 0 Å². The number of benzene rings is 7. The second kappa shape index (κ2) is 11.2. The van der Waals surface area contributed by atoms with Crippen LogP contribution in [0.3, 0.4) is 0 Å². The quantitative estimate of drug-likeness (QED) is 0.197. The van der Waals surface area contributed by atoms with Crippen molar-refractivity contribution in [3.05, 3.63) is 170 Å². The van der Waals surface area contributed by atoms with E-state index in [-0.39, 0.29) is 0 Å². The van der Waals surface area contributed by atoms with E-state index in [4.69, 9.17) is 14.7 Å². The van der Waals surface area contributed by atoms with E-state index in [1.807, 2.05) is 42.5 Å². The lowest BCUT2D eigenvalue weighted by Gasteiger charge is -2.22. The third-order valence-corrected chi connectivity index (χ3v) is 8.89. The van der Waals surface area contributed by atoms with Crippen LogP contribution >= 0.6 is 0 Å². The molecule has 1 aliphatic rings. The molecule has 0 saturated carbocycles. The first kappa shape index (κ1) is 27.0. The van der Waals surface area contributed by atoms with Gasteiger partial charge < -0.3 is 4.74 Å². The molecule has 47 heavy (non-hydrogen) atoms. The molecular weight excluding hydrogens is 572 g/mol. The van der Waals surface area contributed by atoms with Crippen molar-refractivity contribution in [2.24, 2.45) is 0 Å². The first-order valence-electron chi connectivity index (χ1n) is 15.8. The van der Waals surface area contributed by atoms with Crippen molar-refractivity contribution in [2.75, 3.05) is 0 Å². The van der Waals surface area contributed by atoms with E-state index < -0.39 is 0 Å². The van der Waals surface area contributed by atoms with E-state index in [1.165, 1.54) is 16.3 Å². The SMILES string of the molecule is c1ccc(-c2cc(-c3ccc(-c4cccc(-c5ccc6c(c5)-c5cccc7cccc(c57)O6)c4)cc3)nc(-c3ccccc3)n2)cc1. The Morgan fingerprint density at radius 2 is 0.894 bits per heavy atom. The number of ether oxygens (including phenoxy) is 1. The van der Waals surface area contributed by atoms with Crippen LogP contribution in [0.2, 0.25) is 0 Å². The smallest absolute Gasteiger partial charge is 0.160 e. The van der Waals surface area contributed by atoms with Gasteiger partial charge in [-0.25, -0.2) is 9.97 Å². The van der Waals surface area contributed by atoms with Gasteiger partial charge in [-0.3, -0.25) is 0 Å². The Morgan fingerprint density at radius 1 is 0.340 bits per heavy atom. The summed E-state index contributed by atoms with van der Waals surface area (Å²) in [7, 11) is 0. The second-order valence-electron chi connectivity index (χ2n) is 11.8. The lowest BCUT2D eigenvalue weighted by Crippen LogP contribution is -1.97. The van der Waals surface area contributed by atoms with Gasteiger partial charge in [0.1, 0.15) is 11.5 Å². The normalized spacial score (nSPS) is 11.6. The van der Waals surface area contributed by atoms with Crippen molar-refractivity contribution >= 4 is 10.8 Å². The Morgan fingerprint density at radius 3 is 1.64 bits per heavy atom. The van der Waals surface area contributed by atoms with Crippen molar-refractivity contribution in [3.8, 4) is 78.8 Å². The molecule has 1 aliphatic heterocycles. The van der Waals surface area contributed by atoms with Crippen LogP contribution in [0.4, 0.5) is 0 Å². The molecule has 0 N–H and O–H groups in total. The molecule has 0 spiro atoms. The predicted molar refractivity (Wildman–Crippen MR) is 192 cm³/mol. The van der Waals surface area contributed by atoms with Gasteiger partial charge in [0.15, 0.2) is 5.82 Å². The minimum Gasteiger partial charge on any atom is -0.456 e. The average Bonchev–Trinajstić information content (AvgIpc) is 3.15. The van der Waals surface area contributed by atoms with Crippen molar-refractivity contribution in [1.29, 1.82) is 0 Å². The maximum Gasteiger partial charge on any atom is 0.160 e. The summed E-state index contributed by atoms with van der Waals surface area (Å²) in [6.07, 6.45) is 0. The fraction of sp³-hybridized carbons (Fsp3) is 0. The predicted octanol–water partition coefficient (Wildman–Crippen LogP) is 11.7. The zero-order chi connectivity index (χ0) is 31.2. The van der Waals surface area contributed by atoms with Gasteiger partial charge in [0.05, 0.1) is 11.4 Å². The Hall–Kier alpha value is -6.32. The maximum atomic E-state index is 6.34. The summed E-state index contributed by atoms with van der Waals surface area (Å²) in [4.78, 5) is 9.93. The molecule has 0 unspecified atom stereocenters. The largest absolute Gasteiger partial charge is 0.456 e. The molecule has 9 rings (SSSR count). The summed E-state index contributed by atoms with van der Waals surface area (Å²) >= 11 is 0. The molecule has 0 fully saturated rings. The number of nitrogens with zero attached hydrogens (tertiary/aromatic N) is 2. The Bertz CT molecular complexity index is 2350.